The lowest BCUT2D eigenvalue weighted by molar-refractivity contribution is -0.181. The molecule has 7 heavy (non-hydrogen) atoms. The Hall–Kier alpha value is -0.120. The van der Waals surface area contributed by atoms with Gasteiger partial charge in [-0.1, -0.05) is 6.92 Å². The van der Waals surface area contributed by atoms with Crippen molar-refractivity contribution < 1.29 is 9.84 Å². The van der Waals surface area contributed by atoms with E-state index in [1.807, 2.05) is 0 Å². The molecular weight excluding hydrogens is 94.0 g/mol. The van der Waals surface area contributed by atoms with Crippen molar-refractivity contribution in [1.82, 2.24) is 0 Å². The first-order valence-corrected chi connectivity index (χ1v) is 2.19. The van der Waals surface area contributed by atoms with Gasteiger partial charge < -0.3 is 9.84 Å². The predicted octanol–water partition coefficient (Wildman–Crippen LogP) is -0.352. The molecule has 0 aliphatic rings. The van der Waals surface area contributed by atoms with Gasteiger partial charge >= 0.3 is 0 Å². The van der Waals surface area contributed by atoms with Crippen molar-refractivity contribution in [2.75, 3.05) is 7.11 Å². The standard InChI is InChI=1S/C4H11NO2/c1-3-4(5,6)7-2/h6H,3,5H2,1-2H3. The van der Waals surface area contributed by atoms with Crippen LogP contribution in [0, 0.1) is 0 Å². The van der Waals surface area contributed by atoms with E-state index >= 15 is 0 Å². The summed E-state index contributed by atoms with van der Waals surface area (Å²) in [6, 6.07) is 0. The highest BCUT2D eigenvalue weighted by atomic mass is 16.6. The summed E-state index contributed by atoms with van der Waals surface area (Å²) >= 11 is 0. The topological polar surface area (TPSA) is 55.5 Å². The van der Waals surface area contributed by atoms with Crippen molar-refractivity contribution >= 4 is 0 Å². The molecule has 0 fully saturated rings. The van der Waals surface area contributed by atoms with Gasteiger partial charge in [-0.05, 0) is 0 Å². The van der Waals surface area contributed by atoms with Crippen LogP contribution in [-0.2, 0) is 4.74 Å². The lowest BCUT2D eigenvalue weighted by Gasteiger charge is -2.17. The minimum absolute atomic E-state index is 0.406. The Morgan fingerprint density at radius 2 is 2.29 bits per heavy atom. The van der Waals surface area contributed by atoms with Gasteiger partial charge in [0.1, 0.15) is 0 Å². The number of methoxy groups -OCH3 is 1. The minimum atomic E-state index is -1.42. The Morgan fingerprint density at radius 3 is 2.29 bits per heavy atom. The first-order valence-electron chi connectivity index (χ1n) is 2.19. The number of hydrogen-bond donors (Lipinski definition) is 2. The van der Waals surface area contributed by atoms with Crippen LogP contribution in [0.1, 0.15) is 13.3 Å². The molecule has 1 unspecified atom stereocenters. The molecule has 44 valence electrons. The summed E-state index contributed by atoms with van der Waals surface area (Å²) in [6.45, 7) is 1.74. The molecule has 0 heterocycles. The van der Waals surface area contributed by atoms with Crippen molar-refractivity contribution in [2.24, 2.45) is 5.73 Å². The lowest BCUT2D eigenvalue weighted by atomic mass is 10.4. The average Bonchev–Trinajstić information content (AvgIpc) is 1.68. The van der Waals surface area contributed by atoms with Crippen LogP contribution in [0.5, 0.6) is 0 Å². The monoisotopic (exact) mass is 105 g/mol. The van der Waals surface area contributed by atoms with Crippen LogP contribution in [0.4, 0.5) is 0 Å². The number of hydrogen-bond acceptors (Lipinski definition) is 3. The summed E-state index contributed by atoms with van der Waals surface area (Å²) in [5, 5.41) is 8.69. The zero-order valence-electron chi connectivity index (χ0n) is 4.64. The molecule has 1 atom stereocenters. The van der Waals surface area contributed by atoms with Crippen molar-refractivity contribution in [3.63, 3.8) is 0 Å². The minimum Gasteiger partial charge on any atom is -0.353 e. The van der Waals surface area contributed by atoms with Gasteiger partial charge in [-0.25, -0.2) is 0 Å². The quantitative estimate of drug-likeness (QED) is 0.472. The fourth-order valence-electron chi connectivity index (χ4n) is 0.144. The van der Waals surface area contributed by atoms with Crippen LogP contribution >= 0.6 is 0 Å². The molecule has 0 saturated carbocycles. The van der Waals surface area contributed by atoms with Crippen molar-refractivity contribution in [2.45, 2.75) is 19.3 Å². The van der Waals surface area contributed by atoms with Gasteiger partial charge in [0.2, 0.25) is 5.91 Å². The van der Waals surface area contributed by atoms with Crippen LogP contribution in [-0.4, -0.2) is 18.1 Å². The molecular formula is C4H11NO2. The van der Waals surface area contributed by atoms with Gasteiger partial charge in [0.15, 0.2) is 0 Å². The maximum atomic E-state index is 8.69. The Bertz CT molecular complexity index is 47.7. The summed E-state index contributed by atoms with van der Waals surface area (Å²) in [6.07, 6.45) is 0.406. The van der Waals surface area contributed by atoms with Gasteiger partial charge in [-0.15, -0.1) is 0 Å². The van der Waals surface area contributed by atoms with E-state index in [1.165, 1.54) is 7.11 Å². The Morgan fingerprint density at radius 1 is 1.86 bits per heavy atom. The molecule has 0 aromatic carbocycles. The molecule has 0 rings (SSSR count). The Labute approximate surface area is 43.1 Å². The van der Waals surface area contributed by atoms with Crippen molar-refractivity contribution in [3.8, 4) is 0 Å². The first kappa shape index (κ1) is 6.88. The molecule has 0 spiro atoms. The lowest BCUT2D eigenvalue weighted by Crippen LogP contribution is -2.40. The zero-order chi connectivity index (χ0) is 5.91. The Balaban J connectivity index is 3.36. The number of aliphatic hydroxyl groups is 1. The number of ether oxygens (including phenoxy) is 1. The molecule has 3 nitrogen and oxygen atoms in total. The molecule has 0 aromatic rings. The highest BCUT2D eigenvalue weighted by Crippen LogP contribution is 1.98. The fourth-order valence-corrected chi connectivity index (χ4v) is 0.144. The second-order valence-corrected chi connectivity index (χ2v) is 1.40. The Kier molecular flexibility index (Phi) is 2.22. The van der Waals surface area contributed by atoms with Gasteiger partial charge in [0.05, 0.1) is 0 Å². The van der Waals surface area contributed by atoms with Gasteiger partial charge in [-0.3, -0.25) is 5.73 Å². The summed E-state index contributed by atoms with van der Waals surface area (Å²) in [5.41, 5.74) is 5.05. The first-order chi connectivity index (χ1) is 3.12. The van der Waals surface area contributed by atoms with E-state index in [-0.39, 0.29) is 0 Å². The molecule has 0 saturated heterocycles. The highest BCUT2D eigenvalue weighted by Gasteiger charge is 2.14. The summed E-state index contributed by atoms with van der Waals surface area (Å²) in [5.74, 6) is -1.42. The molecule has 0 bridgehead atoms. The molecule has 0 aliphatic heterocycles. The van der Waals surface area contributed by atoms with Crippen LogP contribution in [0.15, 0.2) is 0 Å². The van der Waals surface area contributed by atoms with E-state index in [9.17, 15) is 0 Å². The van der Waals surface area contributed by atoms with E-state index in [0.29, 0.717) is 6.42 Å². The molecule has 0 aromatic heterocycles. The highest BCUT2D eigenvalue weighted by molar-refractivity contribution is 4.49. The van der Waals surface area contributed by atoms with Crippen molar-refractivity contribution in [1.29, 1.82) is 0 Å². The van der Waals surface area contributed by atoms with Crippen LogP contribution in [0.2, 0.25) is 0 Å². The molecule has 3 N–H and O–H groups in total. The van der Waals surface area contributed by atoms with Crippen molar-refractivity contribution in [3.05, 3.63) is 0 Å². The smallest absolute Gasteiger partial charge is 0.221 e. The van der Waals surface area contributed by atoms with Crippen LogP contribution < -0.4 is 5.73 Å². The third-order valence-electron chi connectivity index (χ3n) is 0.860. The molecule has 0 aliphatic carbocycles. The van der Waals surface area contributed by atoms with Gasteiger partial charge in [0.25, 0.3) is 0 Å². The second kappa shape index (κ2) is 2.26. The summed E-state index contributed by atoms with van der Waals surface area (Å²) < 4.78 is 4.42. The third kappa shape index (κ3) is 2.56. The van der Waals surface area contributed by atoms with Gasteiger partial charge in [-0.2, -0.15) is 0 Å². The maximum Gasteiger partial charge on any atom is 0.221 e. The van der Waals surface area contributed by atoms with E-state index < -0.39 is 5.91 Å². The second-order valence-electron chi connectivity index (χ2n) is 1.40. The summed E-state index contributed by atoms with van der Waals surface area (Å²) in [7, 11) is 1.36. The van der Waals surface area contributed by atoms with Crippen LogP contribution in [0.3, 0.4) is 0 Å². The molecule has 0 radical (unpaired) electrons. The predicted molar refractivity (Wildman–Crippen MR) is 26.4 cm³/mol. The van der Waals surface area contributed by atoms with Gasteiger partial charge in [0, 0.05) is 13.5 Å². The molecule has 3 heteroatoms. The third-order valence-corrected chi connectivity index (χ3v) is 0.860. The normalized spacial score (nSPS) is 18.9. The number of nitrogens with two attached hydrogens (primary N) is 1. The van der Waals surface area contributed by atoms with E-state index in [2.05, 4.69) is 4.74 Å². The maximum absolute atomic E-state index is 8.69. The fraction of sp³-hybridized carbons (Fsp3) is 1.00. The molecule has 0 amide bonds. The van der Waals surface area contributed by atoms with E-state index in [4.69, 9.17) is 10.8 Å². The SMILES string of the molecule is CCC(N)(O)OC. The summed E-state index contributed by atoms with van der Waals surface area (Å²) in [4.78, 5) is 0. The average molecular weight is 105 g/mol. The number of rotatable bonds is 2. The largest absolute Gasteiger partial charge is 0.353 e. The zero-order valence-corrected chi connectivity index (χ0v) is 4.64. The van der Waals surface area contributed by atoms with E-state index in [1.54, 1.807) is 6.92 Å². The van der Waals surface area contributed by atoms with Crippen LogP contribution in [0.25, 0.3) is 0 Å². The van der Waals surface area contributed by atoms with E-state index in [0.717, 1.165) is 0 Å².